The van der Waals surface area contributed by atoms with Gasteiger partial charge in [-0.2, -0.15) is 5.26 Å². The first kappa shape index (κ1) is 17.5. The van der Waals surface area contributed by atoms with Crippen LogP contribution in [0.25, 0.3) is 0 Å². The standard InChI is InChI=1S/C17H17N3O3S/c1-22-15-8-3-12(9-16(15)23-2)10-19-17(21)20-13-4-6-14(7-5-13)24-11-18/h3-9H,10H2,1-2H3,(H2,19,20,21). The number of nitrogens with one attached hydrogen (secondary N) is 2. The molecule has 0 saturated carbocycles. The van der Waals surface area contributed by atoms with Gasteiger partial charge < -0.3 is 20.1 Å². The van der Waals surface area contributed by atoms with Crippen molar-refractivity contribution in [2.75, 3.05) is 19.5 Å². The number of methoxy groups -OCH3 is 2. The highest BCUT2D eigenvalue weighted by molar-refractivity contribution is 8.03. The van der Waals surface area contributed by atoms with Crippen molar-refractivity contribution in [2.24, 2.45) is 0 Å². The summed E-state index contributed by atoms with van der Waals surface area (Å²) in [5, 5.41) is 16.1. The van der Waals surface area contributed by atoms with Crippen molar-refractivity contribution in [2.45, 2.75) is 11.4 Å². The summed E-state index contributed by atoms with van der Waals surface area (Å²) >= 11 is 1.07. The Kier molecular flexibility index (Phi) is 6.34. The zero-order valence-corrected chi connectivity index (χ0v) is 14.1. The van der Waals surface area contributed by atoms with Gasteiger partial charge in [0.25, 0.3) is 0 Å². The number of urea groups is 1. The molecule has 2 rings (SSSR count). The lowest BCUT2D eigenvalue weighted by molar-refractivity contribution is 0.251. The van der Waals surface area contributed by atoms with Gasteiger partial charge in [-0.15, -0.1) is 0 Å². The van der Waals surface area contributed by atoms with Crippen LogP contribution in [-0.2, 0) is 6.54 Å². The SMILES string of the molecule is COc1ccc(CNC(=O)Nc2ccc(SC#N)cc2)cc1OC. The number of amides is 2. The Morgan fingerprint density at radius 2 is 1.83 bits per heavy atom. The first-order valence-corrected chi connectivity index (χ1v) is 7.89. The molecule has 0 aliphatic carbocycles. The number of nitriles is 1. The second-order valence-corrected chi connectivity index (χ2v) is 5.57. The second kappa shape index (κ2) is 8.70. The number of hydrogen-bond donors (Lipinski definition) is 2. The summed E-state index contributed by atoms with van der Waals surface area (Å²) in [5.41, 5.74) is 1.55. The van der Waals surface area contributed by atoms with E-state index in [1.165, 1.54) is 0 Å². The van der Waals surface area contributed by atoms with E-state index >= 15 is 0 Å². The molecule has 0 radical (unpaired) electrons. The molecule has 0 aliphatic heterocycles. The summed E-state index contributed by atoms with van der Waals surface area (Å²) in [4.78, 5) is 12.8. The van der Waals surface area contributed by atoms with Crippen LogP contribution in [0.15, 0.2) is 47.4 Å². The number of carbonyl (C=O) groups is 1. The van der Waals surface area contributed by atoms with Crippen molar-refractivity contribution in [1.82, 2.24) is 5.32 Å². The Hall–Kier alpha value is -2.85. The highest BCUT2D eigenvalue weighted by Crippen LogP contribution is 2.27. The van der Waals surface area contributed by atoms with Crippen LogP contribution in [0.1, 0.15) is 5.56 Å². The zero-order chi connectivity index (χ0) is 17.4. The van der Waals surface area contributed by atoms with E-state index in [2.05, 4.69) is 10.6 Å². The molecule has 0 spiro atoms. The van der Waals surface area contributed by atoms with E-state index in [1.54, 1.807) is 44.6 Å². The Morgan fingerprint density at radius 3 is 2.46 bits per heavy atom. The predicted molar refractivity (Wildman–Crippen MR) is 93.3 cm³/mol. The number of benzene rings is 2. The molecule has 2 aromatic carbocycles. The molecule has 2 amide bonds. The summed E-state index contributed by atoms with van der Waals surface area (Å²) in [6.45, 7) is 0.356. The van der Waals surface area contributed by atoms with E-state index in [0.717, 1.165) is 22.2 Å². The van der Waals surface area contributed by atoms with Gasteiger partial charge in [-0.05, 0) is 53.7 Å². The van der Waals surface area contributed by atoms with E-state index in [1.807, 2.05) is 17.5 Å². The average molecular weight is 343 g/mol. The van der Waals surface area contributed by atoms with Crippen LogP contribution in [0.3, 0.4) is 0 Å². The molecule has 0 fully saturated rings. The van der Waals surface area contributed by atoms with Crippen molar-refractivity contribution >= 4 is 23.5 Å². The minimum absolute atomic E-state index is 0.314. The second-order valence-electron chi connectivity index (χ2n) is 4.71. The molecule has 2 aromatic rings. The zero-order valence-electron chi connectivity index (χ0n) is 13.3. The van der Waals surface area contributed by atoms with Crippen molar-refractivity contribution in [3.8, 4) is 16.9 Å². The van der Waals surface area contributed by atoms with Crippen molar-refractivity contribution in [1.29, 1.82) is 5.26 Å². The lowest BCUT2D eigenvalue weighted by atomic mass is 10.2. The van der Waals surface area contributed by atoms with Crippen LogP contribution >= 0.6 is 11.8 Å². The van der Waals surface area contributed by atoms with Crippen LogP contribution in [0.5, 0.6) is 11.5 Å². The Morgan fingerprint density at radius 1 is 1.12 bits per heavy atom. The number of anilines is 1. The summed E-state index contributed by atoms with van der Waals surface area (Å²) in [6, 6.07) is 12.2. The fourth-order valence-corrected chi connectivity index (χ4v) is 2.38. The summed E-state index contributed by atoms with van der Waals surface area (Å²) in [6.07, 6.45) is 0. The number of nitrogens with zero attached hydrogens (tertiary/aromatic N) is 1. The number of ether oxygens (including phenoxy) is 2. The molecule has 0 atom stereocenters. The molecule has 0 aromatic heterocycles. The molecule has 0 saturated heterocycles. The topological polar surface area (TPSA) is 83.4 Å². The van der Waals surface area contributed by atoms with Gasteiger partial charge in [-0.25, -0.2) is 4.79 Å². The normalized spacial score (nSPS) is 9.71. The first-order valence-electron chi connectivity index (χ1n) is 7.08. The Bertz CT molecular complexity index is 742. The molecule has 0 bridgehead atoms. The van der Waals surface area contributed by atoms with E-state index < -0.39 is 0 Å². The molecule has 0 aliphatic rings. The maximum Gasteiger partial charge on any atom is 0.319 e. The molecule has 6 nitrogen and oxygen atoms in total. The van der Waals surface area contributed by atoms with E-state index in [0.29, 0.717) is 23.7 Å². The van der Waals surface area contributed by atoms with Crippen LogP contribution in [-0.4, -0.2) is 20.3 Å². The quantitative estimate of drug-likeness (QED) is 0.618. The maximum atomic E-state index is 11.9. The smallest absolute Gasteiger partial charge is 0.319 e. The lowest BCUT2D eigenvalue weighted by Gasteiger charge is -2.11. The fraction of sp³-hybridized carbons (Fsp3) is 0.176. The Labute approximate surface area is 144 Å². The summed E-state index contributed by atoms with van der Waals surface area (Å²) in [5.74, 6) is 1.25. The van der Waals surface area contributed by atoms with Gasteiger partial charge in [0.15, 0.2) is 11.5 Å². The van der Waals surface area contributed by atoms with Gasteiger partial charge in [0.05, 0.1) is 14.2 Å². The molecule has 124 valence electrons. The van der Waals surface area contributed by atoms with Crippen LogP contribution in [0.2, 0.25) is 0 Å². The number of carbonyl (C=O) groups excluding carboxylic acids is 1. The summed E-state index contributed by atoms with van der Waals surface area (Å²) in [7, 11) is 3.14. The third kappa shape index (κ3) is 4.83. The van der Waals surface area contributed by atoms with E-state index in [4.69, 9.17) is 14.7 Å². The Balaban J connectivity index is 1.90. The molecular weight excluding hydrogens is 326 g/mol. The maximum absolute atomic E-state index is 11.9. The first-order chi connectivity index (χ1) is 11.7. The van der Waals surface area contributed by atoms with E-state index in [-0.39, 0.29) is 6.03 Å². The van der Waals surface area contributed by atoms with E-state index in [9.17, 15) is 4.79 Å². The van der Waals surface area contributed by atoms with Gasteiger partial charge >= 0.3 is 6.03 Å². The van der Waals surface area contributed by atoms with Crippen molar-refractivity contribution < 1.29 is 14.3 Å². The van der Waals surface area contributed by atoms with Crippen molar-refractivity contribution in [3.05, 3.63) is 48.0 Å². The molecular formula is C17H17N3O3S. The van der Waals surface area contributed by atoms with Crippen LogP contribution in [0.4, 0.5) is 10.5 Å². The van der Waals surface area contributed by atoms with Crippen LogP contribution in [0, 0.1) is 10.7 Å². The van der Waals surface area contributed by atoms with Gasteiger partial charge in [0.2, 0.25) is 0 Å². The largest absolute Gasteiger partial charge is 0.493 e. The third-order valence-electron chi connectivity index (χ3n) is 3.18. The number of thiocyanates is 1. The predicted octanol–water partition coefficient (Wildman–Crippen LogP) is 3.60. The highest BCUT2D eigenvalue weighted by Gasteiger charge is 2.06. The minimum atomic E-state index is -0.314. The van der Waals surface area contributed by atoms with Gasteiger partial charge in [0.1, 0.15) is 5.40 Å². The number of hydrogen-bond acceptors (Lipinski definition) is 5. The average Bonchev–Trinajstić information content (AvgIpc) is 2.61. The molecule has 24 heavy (non-hydrogen) atoms. The number of thioether (sulfide) groups is 1. The number of rotatable bonds is 6. The molecule has 7 heteroatoms. The van der Waals surface area contributed by atoms with Gasteiger partial charge in [-0.3, -0.25) is 0 Å². The van der Waals surface area contributed by atoms with Crippen LogP contribution < -0.4 is 20.1 Å². The highest BCUT2D eigenvalue weighted by atomic mass is 32.2. The molecule has 0 heterocycles. The van der Waals surface area contributed by atoms with Gasteiger partial charge in [-0.1, -0.05) is 6.07 Å². The molecule has 0 unspecified atom stereocenters. The van der Waals surface area contributed by atoms with Crippen molar-refractivity contribution in [3.63, 3.8) is 0 Å². The lowest BCUT2D eigenvalue weighted by Crippen LogP contribution is -2.28. The fourth-order valence-electron chi connectivity index (χ4n) is 2.01. The summed E-state index contributed by atoms with van der Waals surface area (Å²) < 4.78 is 10.4. The molecule has 2 N–H and O–H groups in total. The van der Waals surface area contributed by atoms with Gasteiger partial charge in [0, 0.05) is 17.1 Å². The third-order valence-corrected chi connectivity index (χ3v) is 3.78. The minimum Gasteiger partial charge on any atom is -0.493 e. The monoisotopic (exact) mass is 343 g/mol.